The van der Waals surface area contributed by atoms with Crippen LogP contribution in [0.3, 0.4) is 0 Å². The molecule has 0 spiro atoms. The molecule has 0 saturated carbocycles. The normalized spacial score (nSPS) is 15.4. The third-order valence-electron chi connectivity index (χ3n) is 4.76. The van der Waals surface area contributed by atoms with Crippen LogP contribution in [0.1, 0.15) is 0 Å². The molecule has 1 aliphatic heterocycles. The van der Waals surface area contributed by atoms with E-state index in [1.54, 1.807) is 0 Å². The standard InChI is InChI=1S/C20H23F3N2O4S/c1-24-8-10-25(11-9-24)18-14-17(5-6-19(18)28-12-7-21)30(26,27)16-4-2-3-15(13-16)29-20(22)23/h2-6,13-14,20H,7-12H2,1H3. The molecular formula is C20H23F3N2O4S. The van der Waals surface area contributed by atoms with E-state index in [0.29, 0.717) is 24.5 Å². The number of benzene rings is 2. The summed E-state index contributed by atoms with van der Waals surface area (Å²) in [6, 6.07) is 9.31. The summed E-state index contributed by atoms with van der Waals surface area (Å²) in [6.45, 7) is -0.982. The van der Waals surface area contributed by atoms with E-state index < -0.39 is 23.1 Å². The van der Waals surface area contributed by atoms with Gasteiger partial charge in [0.05, 0.1) is 15.5 Å². The fraction of sp³-hybridized carbons (Fsp3) is 0.400. The molecule has 0 amide bonds. The third-order valence-corrected chi connectivity index (χ3v) is 6.51. The second-order valence-electron chi connectivity index (χ2n) is 6.81. The van der Waals surface area contributed by atoms with Crippen molar-refractivity contribution in [3.8, 4) is 11.5 Å². The first-order chi connectivity index (χ1) is 14.3. The lowest BCUT2D eigenvalue weighted by atomic mass is 10.2. The van der Waals surface area contributed by atoms with Crippen LogP contribution in [0.2, 0.25) is 0 Å². The van der Waals surface area contributed by atoms with Crippen molar-refractivity contribution in [2.45, 2.75) is 16.4 Å². The van der Waals surface area contributed by atoms with Crippen LogP contribution < -0.4 is 14.4 Å². The lowest BCUT2D eigenvalue weighted by molar-refractivity contribution is -0.0499. The maximum atomic E-state index is 13.1. The first-order valence-corrected chi connectivity index (χ1v) is 10.9. The monoisotopic (exact) mass is 444 g/mol. The van der Waals surface area contributed by atoms with E-state index in [2.05, 4.69) is 9.64 Å². The summed E-state index contributed by atoms with van der Waals surface area (Å²) in [4.78, 5) is 3.96. The summed E-state index contributed by atoms with van der Waals surface area (Å²) < 4.78 is 73.6. The average Bonchev–Trinajstić information content (AvgIpc) is 2.72. The first-order valence-electron chi connectivity index (χ1n) is 9.37. The number of sulfone groups is 1. The van der Waals surface area contributed by atoms with Crippen molar-refractivity contribution >= 4 is 15.5 Å². The molecule has 0 aliphatic carbocycles. The number of halogens is 3. The van der Waals surface area contributed by atoms with Crippen LogP contribution in [-0.2, 0) is 9.84 Å². The summed E-state index contributed by atoms with van der Waals surface area (Å²) in [5.74, 6) is 0.152. The van der Waals surface area contributed by atoms with Gasteiger partial charge in [-0.2, -0.15) is 8.78 Å². The first kappa shape index (κ1) is 22.2. The van der Waals surface area contributed by atoms with E-state index in [4.69, 9.17) is 4.74 Å². The van der Waals surface area contributed by atoms with Crippen LogP contribution in [0.5, 0.6) is 11.5 Å². The molecule has 1 saturated heterocycles. The van der Waals surface area contributed by atoms with Gasteiger partial charge in [-0.05, 0) is 43.4 Å². The Kier molecular flexibility index (Phi) is 7.09. The van der Waals surface area contributed by atoms with Gasteiger partial charge in [-0.1, -0.05) is 6.07 Å². The van der Waals surface area contributed by atoms with Gasteiger partial charge in [0, 0.05) is 26.2 Å². The number of hydrogen-bond donors (Lipinski definition) is 0. The summed E-state index contributed by atoms with van der Waals surface area (Å²) >= 11 is 0. The van der Waals surface area contributed by atoms with Gasteiger partial charge in [-0.15, -0.1) is 0 Å². The number of nitrogens with zero attached hydrogens (tertiary/aromatic N) is 2. The highest BCUT2D eigenvalue weighted by Gasteiger charge is 2.24. The molecule has 1 fully saturated rings. The Morgan fingerprint density at radius 2 is 1.73 bits per heavy atom. The SMILES string of the molecule is CN1CCN(c2cc(S(=O)(=O)c3cccc(OC(F)F)c3)ccc2OCCF)CC1. The van der Waals surface area contributed by atoms with Gasteiger partial charge in [-0.25, -0.2) is 12.8 Å². The van der Waals surface area contributed by atoms with Crippen LogP contribution in [0.15, 0.2) is 52.3 Å². The van der Waals surface area contributed by atoms with Gasteiger partial charge in [-0.3, -0.25) is 0 Å². The Balaban J connectivity index is 1.97. The number of alkyl halides is 3. The molecular weight excluding hydrogens is 421 g/mol. The predicted octanol–water partition coefficient (Wildman–Crippen LogP) is 3.22. The second-order valence-corrected chi connectivity index (χ2v) is 8.76. The van der Waals surface area contributed by atoms with Crippen molar-refractivity contribution in [3.63, 3.8) is 0 Å². The van der Waals surface area contributed by atoms with Crippen molar-refractivity contribution < 1.29 is 31.1 Å². The summed E-state index contributed by atoms with van der Waals surface area (Å²) in [5.41, 5.74) is 0.553. The minimum atomic E-state index is -4.00. The Morgan fingerprint density at radius 1 is 1.03 bits per heavy atom. The van der Waals surface area contributed by atoms with E-state index in [1.807, 2.05) is 11.9 Å². The van der Waals surface area contributed by atoms with E-state index in [9.17, 15) is 21.6 Å². The lowest BCUT2D eigenvalue weighted by Gasteiger charge is -2.35. The molecule has 0 bridgehead atoms. The van der Waals surface area contributed by atoms with Crippen LogP contribution in [0.4, 0.5) is 18.9 Å². The fourth-order valence-corrected chi connectivity index (χ4v) is 4.50. The summed E-state index contributed by atoms with van der Waals surface area (Å²) in [5, 5.41) is 0. The Bertz CT molecular complexity index is 964. The van der Waals surface area contributed by atoms with Crippen LogP contribution in [-0.4, -0.2) is 66.4 Å². The quantitative estimate of drug-likeness (QED) is 0.623. The van der Waals surface area contributed by atoms with Gasteiger partial charge in [0.1, 0.15) is 24.8 Å². The van der Waals surface area contributed by atoms with Crippen LogP contribution >= 0.6 is 0 Å². The zero-order chi connectivity index (χ0) is 21.7. The van der Waals surface area contributed by atoms with E-state index in [-0.39, 0.29) is 22.1 Å². The van der Waals surface area contributed by atoms with Gasteiger partial charge in [0.15, 0.2) is 0 Å². The van der Waals surface area contributed by atoms with Crippen molar-refractivity contribution in [2.24, 2.45) is 0 Å². The van der Waals surface area contributed by atoms with Crippen molar-refractivity contribution in [1.29, 1.82) is 0 Å². The molecule has 2 aromatic carbocycles. The topological polar surface area (TPSA) is 59.1 Å². The smallest absolute Gasteiger partial charge is 0.387 e. The van der Waals surface area contributed by atoms with E-state index in [1.165, 1.54) is 36.4 Å². The molecule has 1 heterocycles. The molecule has 2 aromatic rings. The number of likely N-dealkylation sites (N-methyl/N-ethyl adjacent to an activating group) is 1. The molecule has 30 heavy (non-hydrogen) atoms. The van der Waals surface area contributed by atoms with E-state index >= 15 is 0 Å². The highest BCUT2D eigenvalue weighted by molar-refractivity contribution is 7.91. The summed E-state index contributed by atoms with van der Waals surface area (Å²) in [7, 11) is -2.00. The Morgan fingerprint density at radius 3 is 2.40 bits per heavy atom. The van der Waals surface area contributed by atoms with Crippen LogP contribution in [0, 0.1) is 0 Å². The molecule has 0 radical (unpaired) electrons. The molecule has 164 valence electrons. The molecule has 3 rings (SSSR count). The highest BCUT2D eigenvalue weighted by atomic mass is 32.2. The lowest BCUT2D eigenvalue weighted by Crippen LogP contribution is -2.44. The minimum Gasteiger partial charge on any atom is -0.489 e. The Hall–Kier alpha value is -2.46. The van der Waals surface area contributed by atoms with Crippen LogP contribution in [0.25, 0.3) is 0 Å². The van der Waals surface area contributed by atoms with E-state index in [0.717, 1.165) is 19.2 Å². The van der Waals surface area contributed by atoms with Gasteiger partial charge < -0.3 is 19.3 Å². The highest BCUT2D eigenvalue weighted by Crippen LogP contribution is 2.34. The third kappa shape index (κ3) is 5.17. The van der Waals surface area contributed by atoms with Crippen molar-refractivity contribution in [1.82, 2.24) is 4.90 Å². The van der Waals surface area contributed by atoms with Gasteiger partial charge >= 0.3 is 6.61 Å². The molecule has 0 aromatic heterocycles. The van der Waals surface area contributed by atoms with Crippen molar-refractivity contribution in [3.05, 3.63) is 42.5 Å². The maximum absolute atomic E-state index is 13.1. The predicted molar refractivity (Wildman–Crippen MR) is 106 cm³/mol. The number of ether oxygens (including phenoxy) is 2. The molecule has 0 atom stereocenters. The van der Waals surface area contributed by atoms with Gasteiger partial charge in [0.25, 0.3) is 0 Å². The zero-order valence-corrected chi connectivity index (χ0v) is 17.2. The fourth-order valence-electron chi connectivity index (χ4n) is 3.18. The number of rotatable bonds is 8. The Labute approximate surface area is 173 Å². The molecule has 6 nitrogen and oxygen atoms in total. The number of piperazine rings is 1. The zero-order valence-electron chi connectivity index (χ0n) is 16.4. The molecule has 0 N–H and O–H groups in total. The van der Waals surface area contributed by atoms with Crippen molar-refractivity contribution in [2.75, 3.05) is 51.4 Å². The maximum Gasteiger partial charge on any atom is 0.387 e. The largest absolute Gasteiger partial charge is 0.489 e. The molecule has 1 aliphatic rings. The number of hydrogen-bond acceptors (Lipinski definition) is 6. The number of anilines is 1. The summed E-state index contributed by atoms with van der Waals surface area (Å²) in [6.07, 6.45) is 0. The van der Waals surface area contributed by atoms with Gasteiger partial charge in [0.2, 0.25) is 9.84 Å². The average molecular weight is 444 g/mol. The molecule has 10 heteroatoms. The second kappa shape index (κ2) is 9.57. The minimum absolute atomic E-state index is 0.0155. The molecule has 0 unspecified atom stereocenters.